The van der Waals surface area contributed by atoms with Crippen molar-refractivity contribution >= 4 is 16.5 Å². The summed E-state index contributed by atoms with van der Waals surface area (Å²) >= 11 is 1.76. The highest BCUT2D eigenvalue weighted by Gasteiger charge is 2.23. The van der Waals surface area contributed by atoms with E-state index in [0.717, 1.165) is 37.7 Å². The zero-order valence-electron chi connectivity index (χ0n) is 12.2. The molecule has 1 saturated heterocycles. The van der Waals surface area contributed by atoms with Crippen molar-refractivity contribution in [1.29, 1.82) is 0 Å². The lowest BCUT2D eigenvalue weighted by atomic mass is 10.0. The molecule has 1 aromatic heterocycles. The van der Waals surface area contributed by atoms with E-state index in [1.165, 1.54) is 10.6 Å². The molecule has 0 aromatic carbocycles. The number of anilines is 1. The average molecular weight is 283 g/mol. The fraction of sp³-hybridized carbons (Fsp3) is 0.786. The molecule has 2 N–H and O–H groups in total. The van der Waals surface area contributed by atoms with E-state index in [0.29, 0.717) is 18.6 Å². The molecule has 4 nitrogen and oxygen atoms in total. The first-order chi connectivity index (χ1) is 9.19. The van der Waals surface area contributed by atoms with Gasteiger partial charge in [-0.05, 0) is 18.8 Å². The molecule has 2 rings (SSSR count). The van der Waals surface area contributed by atoms with Crippen LogP contribution in [0.5, 0.6) is 0 Å². The van der Waals surface area contributed by atoms with Gasteiger partial charge in [-0.3, -0.25) is 0 Å². The summed E-state index contributed by atoms with van der Waals surface area (Å²) in [4.78, 5) is 8.45. The number of hydrogen-bond donors (Lipinski definition) is 1. The Hall–Kier alpha value is -0.650. The van der Waals surface area contributed by atoms with E-state index in [-0.39, 0.29) is 0 Å². The van der Waals surface area contributed by atoms with Gasteiger partial charge in [-0.15, -0.1) is 11.3 Å². The van der Waals surface area contributed by atoms with Gasteiger partial charge in [-0.1, -0.05) is 20.8 Å². The number of nitrogens with zero attached hydrogens (tertiary/aromatic N) is 2. The fourth-order valence-electron chi connectivity index (χ4n) is 2.35. The third-order valence-corrected chi connectivity index (χ3v) is 5.00. The van der Waals surface area contributed by atoms with Crippen molar-refractivity contribution < 1.29 is 4.74 Å². The van der Waals surface area contributed by atoms with E-state index in [1.807, 2.05) is 0 Å². The summed E-state index contributed by atoms with van der Waals surface area (Å²) in [6, 6.07) is 0. The van der Waals surface area contributed by atoms with Crippen molar-refractivity contribution in [3.63, 3.8) is 0 Å². The van der Waals surface area contributed by atoms with Gasteiger partial charge in [0.2, 0.25) is 0 Å². The molecule has 0 amide bonds. The fourth-order valence-corrected chi connectivity index (χ4v) is 3.44. The molecule has 0 radical (unpaired) electrons. The molecule has 2 atom stereocenters. The van der Waals surface area contributed by atoms with E-state index < -0.39 is 0 Å². The Morgan fingerprint density at radius 3 is 2.95 bits per heavy atom. The Morgan fingerprint density at radius 2 is 2.32 bits per heavy atom. The van der Waals surface area contributed by atoms with Gasteiger partial charge in [0.05, 0.1) is 18.4 Å². The lowest BCUT2D eigenvalue weighted by molar-refractivity contribution is 0.0384. The van der Waals surface area contributed by atoms with Crippen molar-refractivity contribution in [2.24, 2.45) is 5.73 Å². The van der Waals surface area contributed by atoms with E-state index in [2.05, 4.69) is 25.7 Å². The molecule has 0 spiro atoms. The van der Waals surface area contributed by atoms with Gasteiger partial charge in [-0.2, -0.15) is 0 Å². The zero-order valence-corrected chi connectivity index (χ0v) is 13.0. The second-order valence-corrected chi connectivity index (χ2v) is 6.23. The highest BCUT2D eigenvalue weighted by molar-refractivity contribution is 7.15. The van der Waals surface area contributed by atoms with Crippen LogP contribution in [-0.4, -0.2) is 30.8 Å². The first kappa shape index (κ1) is 14.8. The number of morpholine rings is 1. The minimum atomic E-state index is 0.339. The minimum Gasteiger partial charge on any atom is -0.375 e. The molecule has 2 heterocycles. The van der Waals surface area contributed by atoms with Crippen LogP contribution in [0, 0.1) is 0 Å². The molecule has 2 unspecified atom stereocenters. The number of ether oxygens (including phenoxy) is 1. The maximum Gasteiger partial charge on any atom is 0.186 e. The largest absolute Gasteiger partial charge is 0.375 e. The van der Waals surface area contributed by atoms with Crippen LogP contribution in [0.3, 0.4) is 0 Å². The standard InChI is InChI=1S/C14H25N3OS/c1-4-10(3)13-12(8-15)19-14(16-13)17-6-7-18-11(5-2)9-17/h10-11H,4-9,15H2,1-3H3. The molecular formula is C14H25N3OS. The van der Waals surface area contributed by atoms with E-state index >= 15 is 0 Å². The average Bonchev–Trinajstić information content (AvgIpc) is 2.90. The number of hydrogen-bond acceptors (Lipinski definition) is 5. The summed E-state index contributed by atoms with van der Waals surface area (Å²) in [5, 5.41) is 1.12. The smallest absolute Gasteiger partial charge is 0.186 e. The number of nitrogens with two attached hydrogens (primary N) is 1. The van der Waals surface area contributed by atoms with Crippen LogP contribution >= 0.6 is 11.3 Å². The third kappa shape index (κ3) is 3.27. The second kappa shape index (κ2) is 6.68. The first-order valence-corrected chi connectivity index (χ1v) is 8.07. The molecule has 1 fully saturated rings. The predicted molar refractivity (Wildman–Crippen MR) is 81.0 cm³/mol. The number of thiazole rings is 1. The van der Waals surface area contributed by atoms with Crippen molar-refractivity contribution in [3.8, 4) is 0 Å². The van der Waals surface area contributed by atoms with Gasteiger partial charge in [0.25, 0.3) is 0 Å². The van der Waals surface area contributed by atoms with Crippen LogP contribution in [0.2, 0.25) is 0 Å². The van der Waals surface area contributed by atoms with Gasteiger partial charge < -0.3 is 15.4 Å². The summed E-state index contributed by atoms with van der Waals surface area (Å²) in [5.74, 6) is 0.492. The van der Waals surface area contributed by atoms with Gasteiger partial charge in [0.1, 0.15) is 0 Å². The van der Waals surface area contributed by atoms with Crippen LogP contribution in [0.1, 0.15) is 50.1 Å². The Morgan fingerprint density at radius 1 is 1.53 bits per heavy atom. The molecule has 0 bridgehead atoms. The van der Waals surface area contributed by atoms with E-state index in [4.69, 9.17) is 15.5 Å². The Bertz CT molecular complexity index is 407. The lowest BCUT2D eigenvalue weighted by Gasteiger charge is -2.32. The molecular weight excluding hydrogens is 258 g/mol. The normalized spacial score (nSPS) is 21.7. The van der Waals surface area contributed by atoms with E-state index in [1.54, 1.807) is 11.3 Å². The van der Waals surface area contributed by atoms with Crippen molar-refractivity contribution in [1.82, 2.24) is 4.98 Å². The number of rotatable bonds is 5. The second-order valence-electron chi connectivity index (χ2n) is 5.17. The molecule has 1 aliphatic rings. The molecule has 1 aliphatic heterocycles. The van der Waals surface area contributed by atoms with Gasteiger partial charge >= 0.3 is 0 Å². The molecule has 0 aliphatic carbocycles. The van der Waals surface area contributed by atoms with Crippen molar-refractivity contribution in [2.45, 2.75) is 52.2 Å². The predicted octanol–water partition coefficient (Wildman–Crippen LogP) is 2.73. The summed E-state index contributed by atoms with van der Waals surface area (Å²) in [6.45, 7) is 9.89. The molecule has 0 saturated carbocycles. The van der Waals surface area contributed by atoms with Gasteiger partial charge in [-0.25, -0.2) is 4.98 Å². The minimum absolute atomic E-state index is 0.339. The van der Waals surface area contributed by atoms with Crippen LogP contribution < -0.4 is 10.6 Å². The van der Waals surface area contributed by atoms with Crippen molar-refractivity contribution in [3.05, 3.63) is 10.6 Å². The third-order valence-electron chi connectivity index (χ3n) is 3.85. The van der Waals surface area contributed by atoms with E-state index in [9.17, 15) is 0 Å². The summed E-state index contributed by atoms with van der Waals surface area (Å²) in [6.07, 6.45) is 2.51. The molecule has 108 valence electrons. The summed E-state index contributed by atoms with van der Waals surface area (Å²) < 4.78 is 5.72. The zero-order chi connectivity index (χ0) is 13.8. The van der Waals surface area contributed by atoms with Crippen LogP contribution in [0.15, 0.2) is 0 Å². The Kier molecular flexibility index (Phi) is 5.19. The highest BCUT2D eigenvalue weighted by Crippen LogP contribution is 2.32. The van der Waals surface area contributed by atoms with Crippen LogP contribution in [-0.2, 0) is 11.3 Å². The molecule has 19 heavy (non-hydrogen) atoms. The quantitative estimate of drug-likeness (QED) is 0.902. The highest BCUT2D eigenvalue weighted by atomic mass is 32.1. The Balaban J connectivity index is 2.18. The Labute approximate surface area is 120 Å². The lowest BCUT2D eigenvalue weighted by Crippen LogP contribution is -2.42. The number of aromatic nitrogens is 1. The SMILES string of the molecule is CCC1CN(c2nc(C(C)CC)c(CN)s2)CCO1. The maximum atomic E-state index is 5.87. The maximum absolute atomic E-state index is 5.87. The van der Waals surface area contributed by atoms with Crippen LogP contribution in [0.25, 0.3) is 0 Å². The summed E-state index contributed by atoms with van der Waals surface area (Å²) in [7, 11) is 0. The van der Waals surface area contributed by atoms with Crippen LogP contribution in [0.4, 0.5) is 5.13 Å². The van der Waals surface area contributed by atoms with Gasteiger partial charge in [0.15, 0.2) is 5.13 Å². The topological polar surface area (TPSA) is 51.4 Å². The summed E-state index contributed by atoms with van der Waals surface area (Å²) in [5.41, 5.74) is 7.07. The monoisotopic (exact) mass is 283 g/mol. The molecule has 5 heteroatoms. The van der Waals surface area contributed by atoms with Crippen molar-refractivity contribution in [2.75, 3.05) is 24.6 Å². The molecule has 1 aromatic rings. The first-order valence-electron chi connectivity index (χ1n) is 7.25. The van der Waals surface area contributed by atoms with Gasteiger partial charge in [0, 0.05) is 24.5 Å².